The summed E-state index contributed by atoms with van der Waals surface area (Å²) < 4.78 is 4.30. The standard InChI is InChI=1S/C16H21NO8/c1-8(2)3-9(4-13(19)20)7-17-15(22)10-5-11(18)14(21)12(6-10)25-16(23)24/h5-6,8-9,18,21H,3-4,7H2,1-2H3,(H,17,22)(H,19,20)(H,23,24)/t9-/m0/s1. The molecule has 0 aliphatic carbocycles. The van der Waals surface area contributed by atoms with Gasteiger partial charge in [-0.25, -0.2) is 4.79 Å². The molecule has 5 N–H and O–H groups in total. The summed E-state index contributed by atoms with van der Waals surface area (Å²) in [5.41, 5.74) is -0.134. The van der Waals surface area contributed by atoms with Crippen LogP contribution in [0.25, 0.3) is 0 Å². The van der Waals surface area contributed by atoms with E-state index in [-0.39, 0.29) is 30.4 Å². The smallest absolute Gasteiger partial charge is 0.504 e. The van der Waals surface area contributed by atoms with Crippen molar-refractivity contribution in [2.45, 2.75) is 26.7 Å². The van der Waals surface area contributed by atoms with Crippen LogP contribution in [0.5, 0.6) is 17.2 Å². The Morgan fingerprint density at radius 1 is 1.16 bits per heavy atom. The van der Waals surface area contributed by atoms with Crippen molar-refractivity contribution in [2.75, 3.05) is 6.54 Å². The van der Waals surface area contributed by atoms with Crippen molar-refractivity contribution in [3.63, 3.8) is 0 Å². The van der Waals surface area contributed by atoms with Crippen LogP contribution < -0.4 is 10.1 Å². The molecule has 0 saturated carbocycles. The summed E-state index contributed by atoms with van der Waals surface area (Å²) >= 11 is 0. The van der Waals surface area contributed by atoms with E-state index in [0.717, 1.165) is 12.1 Å². The fourth-order valence-electron chi connectivity index (χ4n) is 2.39. The van der Waals surface area contributed by atoms with Crippen LogP contribution in [0, 0.1) is 11.8 Å². The summed E-state index contributed by atoms with van der Waals surface area (Å²) in [6.45, 7) is 3.97. The van der Waals surface area contributed by atoms with Gasteiger partial charge in [0.25, 0.3) is 5.91 Å². The Balaban J connectivity index is 2.86. The zero-order chi connectivity index (χ0) is 19.1. The molecule has 0 aliphatic heterocycles. The minimum Gasteiger partial charge on any atom is -0.504 e. The highest BCUT2D eigenvalue weighted by Gasteiger charge is 2.19. The van der Waals surface area contributed by atoms with Gasteiger partial charge < -0.3 is 30.5 Å². The minimum atomic E-state index is -1.72. The van der Waals surface area contributed by atoms with Gasteiger partial charge in [0.2, 0.25) is 5.75 Å². The highest BCUT2D eigenvalue weighted by atomic mass is 16.7. The normalized spacial score (nSPS) is 11.8. The number of hydrogen-bond acceptors (Lipinski definition) is 6. The first-order chi connectivity index (χ1) is 11.6. The van der Waals surface area contributed by atoms with Crippen LogP contribution in [0.1, 0.15) is 37.0 Å². The summed E-state index contributed by atoms with van der Waals surface area (Å²) in [4.78, 5) is 33.6. The molecule has 0 fully saturated rings. The van der Waals surface area contributed by atoms with Crippen LogP contribution in [0.15, 0.2) is 12.1 Å². The lowest BCUT2D eigenvalue weighted by Crippen LogP contribution is -2.31. The van der Waals surface area contributed by atoms with Crippen molar-refractivity contribution in [1.29, 1.82) is 0 Å². The van der Waals surface area contributed by atoms with E-state index in [9.17, 15) is 24.6 Å². The van der Waals surface area contributed by atoms with Gasteiger partial charge in [0.15, 0.2) is 11.5 Å². The number of nitrogens with one attached hydrogen (secondary N) is 1. The van der Waals surface area contributed by atoms with E-state index >= 15 is 0 Å². The number of carboxylic acid groups (broad SMARTS) is 2. The zero-order valence-electron chi connectivity index (χ0n) is 13.9. The van der Waals surface area contributed by atoms with Gasteiger partial charge in [-0.15, -0.1) is 0 Å². The molecule has 1 amide bonds. The lowest BCUT2D eigenvalue weighted by molar-refractivity contribution is -0.138. The second-order valence-electron chi connectivity index (χ2n) is 6.01. The number of ether oxygens (including phenoxy) is 1. The predicted molar refractivity (Wildman–Crippen MR) is 86.0 cm³/mol. The van der Waals surface area contributed by atoms with Crippen LogP contribution in [-0.4, -0.2) is 45.0 Å². The molecule has 0 radical (unpaired) electrons. The first-order valence-corrected chi connectivity index (χ1v) is 7.56. The lowest BCUT2D eigenvalue weighted by Gasteiger charge is -2.18. The third kappa shape index (κ3) is 6.58. The maximum atomic E-state index is 12.2. The van der Waals surface area contributed by atoms with Gasteiger partial charge in [-0.1, -0.05) is 13.8 Å². The molecular weight excluding hydrogens is 334 g/mol. The monoisotopic (exact) mass is 355 g/mol. The SMILES string of the molecule is CC(C)C[C@H](CNC(=O)c1cc(O)c(O)c(OC(=O)O)c1)CC(=O)O. The van der Waals surface area contributed by atoms with Gasteiger partial charge in [0.05, 0.1) is 0 Å². The van der Waals surface area contributed by atoms with Crippen LogP contribution in [0.2, 0.25) is 0 Å². The number of aromatic hydroxyl groups is 2. The highest BCUT2D eigenvalue weighted by molar-refractivity contribution is 5.95. The molecule has 0 heterocycles. The molecule has 0 aliphatic rings. The third-order valence-electron chi connectivity index (χ3n) is 3.33. The minimum absolute atomic E-state index is 0.0973. The Morgan fingerprint density at radius 3 is 2.32 bits per heavy atom. The van der Waals surface area contributed by atoms with E-state index in [0.29, 0.717) is 6.42 Å². The topological polar surface area (TPSA) is 153 Å². The number of aliphatic carboxylic acids is 1. The summed E-state index contributed by atoms with van der Waals surface area (Å²) in [5.74, 6) is -3.77. The average molecular weight is 355 g/mol. The molecule has 9 nitrogen and oxygen atoms in total. The van der Waals surface area contributed by atoms with Gasteiger partial charge >= 0.3 is 12.1 Å². The number of amides is 1. The predicted octanol–water partition coefficient (Wildman–Crippen LogP) is 2.02. The largest absolute Gasteiger partial charge is 0.511 e. The van der Waals surface area contributed by atoms with Crippen molar-refractivity contribution >= 4 is 18.0 Å². The molecule has 0 aromatic heterocycles. The molecule has 1 rings (SSSR count). The van der Waals surface area contributed by atoms with E-state index in [1.165, 1.54) is 0 Å². The number of phenolic OH excluding ortho intramolecular Hbond substituents is 2. The molecule has 138 valence electrons. The number of hydrogen-bond donors (Lipinski definition) is 5. The summed E-state index contributed by atoms with van der Waals surface area (Å²) in [7, 11) is 0. The number of phenols is 2. The van der Waals surface area contributed by atoms with Gasteiger partial charge in [-0.2, -0.15) is 0 Å². The summed E-state index contributed by atoms with van der Waals surface area (Å²) in [6.07, 6.45) is -1.22. The van der Waals surface area contributed by atoms with Gasteiger partial charge in [-0.05, 0) is 30.4 Å². The van der Waals surface area contributed by atoms with Crippen molar-refractivity contribution in [3.8, 4) is 17.2 Å². The van der Waals surface area contributed by atoms with Gasteiger partial charge in [-0.3, -0.25) is 9.59 Å². The maximum absolute atomic E-state index is 12.2. The second kappa shape index (κ2) is 8.76. The zero-order valence-corrected chi connectivity index (χ0v) is 13.9. The Morgan fingerprint density at radius 2 is 1.80 bits per heavy atom. The molecule has 0 bridgehead atoms. The van der Waals surface area contributed by atoms with Crippen LogP contribution >= 0.6 is 0 Å². The molecule has 0 spiro atoms. The molecule has 1 aromatic rings. The lowest BCUT2D eigenvalue weighted by atomic mass is 9.94. The average Bonchev–Trinajstić information content (AvgIpc) is 2.47. The number of benzene rings is 1. The molecule has 0 unspecified atom stereocenters. The summed E-state index contributed by atoms with van der Waals surface area (Å²) in [5, 5.41) is 39.2. The van der Waals surface area contributed by atoms with Crippen molar-refractivity contribution in [2.24, 2.45) is 11.8 Å². The number of carboxylic acids is 1. The second-order valence-corrected chi connectivity index (χ2v) is 6.01. The van der Waals surface area contributed by atoms with Crippen molar-refractivity contribution < 1.29 is 39.5 Å². The third-order valence-corrected chi connectivity index (χ3v) is 3.33. The number of carbonyl (C=O) groups excluding carboxylic acids is 1. The van der Waals surface area contributed by atoms with E-state index in [2.05, 4.69) is 10.1 Å². The first kappa shape index (κ1) is 20.1. The van der Waals surface area contributed by atoms with Gasteiger partial charge in [0.1, 0.15) is 0 Å². The molecule has 25 heavy (non-hydrogen) atoms. The van der Waals surface area contributed by atoms with E-state index < -0.39 is 35.3 Å². The number of rotatable bonds is 8. The molecule has 1 aromatic carbocycles. The van der Waals surface area contributed by atoms with E-state index in [4.69, 9.17) is 10.2 Å². The molecule has 0 saturated heterocycles. The Kier molecular flexibility index (Phi) is 7.04. The van der Waals surface area contributed by atoms with Gasteiger partial charge in [0, 0.05) is 18.5 Å². The highest BCUT2D eigenvalue weighted by Crippen LogP contribution is 2.36. The summed E-state index contributed by atoms with van der Waals surface area (Å²) in [6, 6.07) is 1.92. The Bertz CT molecular complexity index is 656. The van der Waals surface area contributed by atoms with Crippen LogP contribution in [-0.2, 0) is 4.79 Å². The van der Waals surface area contributed by atoms with Crippen molar-refractivity contribution in [1.82, 2.24) is 5.32 Å². The van der Waals surface area contributed by atoms with Crippen LogP contribution in [0.4, 0.5) is 4.79 Å². The Hall–Kier alpha value is -2.97. The Labute approximate surface area is 143 Å². The maximum Gasteiger partial charge on any atom is 0.511 e. The van der Waals surface area contributed by atoms with E-state index in [1.54, 1.807) is 0 Å². The molecular formula is C16H21NO8. The van der Waals surface area contributed by atoms with Crippen LogP contribution in [0.3, 0.4) is 0 Å². The van der Waals surface area contributed by atoms with E-state index in [1.807, 2.05) is 13.8 Å². The quantitative estimate of drug-likeness (QED) is 0.270. The van der Waals surface area contributed by atoms with Crippen molar-refractivity contribution in [3.05, 3.63) is 17.7 Å². The fourth-order valence-corrected chi connectivity index (χ4v) is 2.39. The fraction of sp³-hybridized carbons (Fsp3) is 0.438. The molecule has 1 atom stereocenters. The first-order valence-electron chi connectivity index (χ1n) is 7.56. The number of carbonyl (C=O) groups is 3. The molecule has 9 heteroatoms.